The molecule has 1 aliphatic heterocycles. The number of rotatable bonds is 2. The lowest BCUT2D eigenvalue weighted by molar-refractivity contribution is -0.142. The summed E-state index contributed by atoms with van der Waals surface area (Å²) in [6.07, 6.45) is 6.36. The van der Waals surface area contributed by atoms with Crippen LogP contribution in [0.25, 0.3) is 0 Å². The van der Waals surface area contributed by atoms with Gasteiger partial charge in [-0.3, -0.25) is 4.79 Å². The molecule has 2 aliphatic rings. The zero-order valence-electron chi connectivity index (χ0n) is 13.2. The molecule has 1 aliphatic carbocycles. The van der Waals surface area contributed by atoms with Crippen molar-refractivity contribution < 1.29 is 14.7 Å². The van der Waals surface area contributed by atoms with E-state index in [0.717, 1.165) is 25.8 Å². The first kappa shape index (κ1) is 16.1. The molecule has 2 rings (SSSR count). The van der Waals surface area contributed by atoms with Crippen molar-refractivity contribution in [2.75, 3.05) is 6.54 Å². The first-order valence-electron chi connectivity index (χ1n) is 8.27. The van der Waals surface area contributed by atoms with E-state index in [1.165, 1.54) is 12.8 Å². The van der Waals surface area contributed by atoms with Crippen LogP contribution in [0.15, 0.2) is 0 Å². The molecule has 0 bridgehead atoms. The highest BCUT2D eigenvalue weighted by molar-refractivity contribution is 5.75. The van der Waals surface area contributed by atoms with Gasteiger partial charge in [0.25, 0.3) is 0 Å². The molecule has 5 nitrogen and oxygen atoms in total. The highest BCUT2D eigenvalue weighted by Crippen LogP contribution is 2.25. The second-order valence-corrected chi connectivity index (χ2v) is 6.87. The molecule has 1 saturated carbocycles. The molecule has 2 fully saturated rings. The molecular weight excluding hydrogens is 268 g/mol. The van der Waals surface area contributed by atoms with Crippen molar-refractivity contribution in [1.29, 1.82) is 0 Å². The van der Waals surface area contributed by atoms with Gasteiger partial charge < -0.3 is 15.3 Å². The van der Waals surface area contributed by atoms with Gasteiger partial charge >= 0.3 is 12.0 Å². The van der Waals surface area contributed by atoms with Crippen LogP contribution < -0.4 is 5.32 Å². The molecule has 120 valence electrons. The lowest BCUT2D eigenvalue weighted by atomic mass is 9.86. The van der Waals surface area contributed by atoms with Crippen LogP contribution >= 0.6 is 0 Å². The molecule has 1 heterocycles. The Labute approximate surface area is 127 Å². The van der Waals surface area contributed by atoms with Gasteiger partial charge in [-0.15, -0.1) is 0 Å². The van der Waals surface area contributed by atoms with E-state index in [0.29, 0.717) is 24.8 Å². The van der Waals surface area contributed by atoms with Gasteiger partial charge in [0.2, 0.25) is 0 Å². The van der Waals surface area contributed by atoms with E-state index < -0.39 is 5.97 Å². The van der Waals surface area contributed by atoms with Crippen LogP contribution in [0.4, 0.5) is 4.79 Å². The van der Waals surface area contributed by atoms with Gasteiger partial charge in [-0.1, -0.05) is 13.3 Å². The number of nitrogens with one attached hydrogen (secondary N) is 1. The molecule has 0 radical (unpaired) electrons. The molecule has 2 N–H and O–H groups in total. The Morgan fingerprint density at radius 1 is 1.05 bits per heavy atom. The summed E-state index contributed by atoms with van der Waals surface area (Å²) in [6, 6.07) is 0.471. The lowest BCUT2D eigenvalue weighted by Crippen LogP contribution is -2.50. The number of nitrogens with zero attached hydrogens (tertiary/aromatic N) is 1. The topological polar surface area (TPSA) is 69.6 Å². The van der Waals surface area contributed by atoms with Gasteiger partial charge in [-0.25, -0.2) is 4.79 Å². The maximum Gasteiger partial charge on any atom is 0.317 e. The minimum Gasteiger partial charge on any atom is -0.481 e. The minimum absolute atomic E-state index is 0.0371. The lowest BCUT2D eigenvalue weighted by Gasteiger charge is -2.33. The summed E-state index contributed by atoms with van der Waals surface area (Å²) in [5.74, 6) is -0.367. The highest BCUT2D eigenvalue weighted by Gasteiger charge is 2.30. The van der Waals surface area contributed by atoms with Crippen molar-refractivity contribution >= 4 is 12.0 Å². The smallest absolute Gasteiger partial charge is 0.317 e. The fraction of sp³-hybridized carbons (Fsp3) is 0.875. The van der Waals surface area contributed by atoms with Crippen molar-refractivity contribution in [3.05, 3.63) is 0 Å². The number of hydrogen-bond donors (Lipinski definition) is 2. The van der Waals surface area contributed by atoms with Crippen LogP contribution in [-0.2, 0) is 4.79 Å². The van der Waals surface area contributed by atoms with Crippen LogP contribution in [0, 0.1) is 11.8 Å². The summed E-state index contributed by atoms with van der Waals surface area (Å²) in [5.41, 5.74) is 0. The molecule has 5 heteroatoms. The standard InChI is InChI=1S/C16H28N2O3/c1-11-4-3-5-12(2)18(10-11)16(21)17-14-8-6-13(7-9-14)15(19)20/h11-14H,3-10H2,1-2H3,(H,17,21)(H,19,20). The van der Waals surface area contributed by atoms with E-state index >= 15 is 0 Å². The molecule has 0 spiro atoms. The second-order valence-electron chi connectivity index (χ2n) is 6.87. The highest BCUT2D eigenvalue weighted by atomic mass is 16.4. The number of hydrogen-bond acceptors (Lipinski definition) is 2. The zero-order chi connectivity index (χ0) is 15.4. The third-order valence-corrected chi connectivity index (χ3v) is 5.02. The van der Waals surface area contributed by atoms with E-state index in [2.05, 4.69) is 19.2 Å². The first-order chi connectivity index (χ1) is 9.97. The molecule has 0 aromatic carbocycles. The molecule has 1 saturated heterocycles. The Balaban J connectivity index is 1.85. The molecule has 21 heavy (non-hydrogen) atoms. The number of aliphatic carboxylic acids is 1. The summed E-state index contributed by atoms with van der Waals surface area (Å²) in [6.45, 7) is 5.16. The number of carbonyl (C=O) groups excluding carboxylic acids is 1. The third kappa shape index (κ3) is 4.35. The largest absolute Gasteiger partial charge is 0.481 e. The van der Waals surface area contributed by atoms with Crippen LogP contribution in [0.5, 0.6) is 0 Å². The Morgan fingerprint density at radius 3 is 2.33 bits per heavy atom. The zero-order valence-corrected chi connectivity index (χ0v) is 13.2. The third-order valence-electron chi connectivity index (χ3n) is 5.02. The minimum atomic E-state index is -0.699. The Bertz CT molecular complexity index is 378. The monoisotopic (exact) mass is 296 g/mol. The predicted molar refractivity (Wildman–Crippen MR) is 81.1 cm³/mol. The van der Waals surface area contributed by atoms with Crippen molar-refractivity contribution in [3.63, 3.8) is 0 Å². The number of carboxylic acid groups (broad SMARTS) is 1. The van der Waals surface area contributed by atoms with Gasteiger partial charge in [-0.2, -0.15) is 0 Å². The molecule has 2 atom stereocenters. The van der Waals surface area contributed by atoms with Crippen LogP contribution in [0.3, 0.4) is 0 Å². The average molecular weight is 296 g/mol. The molecule has 2 amide bonds. The fourth-order valence-corrected chi connectivity index (χ4v) is 3.55. The summed E-state index contributed by atoms with van der Waals surface area (Å²) in [7, 11) is 0. The van der Waals surface area contributed by atoms with E-state index in [4.69, 9.17) is 5.11 Å². The van der Waals surface area contributed by atoms with Crippen molar-refractivity contribution in [2.45, 2.75) is 70.9 Å². The van der Waals surface area contributed by atoms with Gasteiger partial charge in [0, 0.05) is 18.6 Å². The normalized spacial score (nSPS) is 34.1. The van der Waals surface area contributed by atoms with E-state index in [1.54, 1.807) is 0 Å². The van der Waals surface area contributed by atoms with Crippen molar-refractivity contribution in [2.24, 2.45) is 11.8 Å². The number of carboxylic acids is 1. The maximum absolute atomic E-state index is 12.5. The van der Waals surface area contributed by atoms with E-state index in [1.807, 2.05) is 4.90 Å². The Morgan fingerprint density at radius 2 is 1.71 bits per heavy atom. The fourth-order valence-electron chi connectivity index (χ4n) is 3.55. The predicted octanol–water partition coefficient (Wildman–Crippen LogP) is 2.85. The maximum atomic E-state index is 12.5. The number of carbonyl (C=O) groups is 2. The van der Waals surface area contributed by atoms with Gasteiger partial charge in [0.1, 0.15) is 0 Å². The number of likely N-dealkylation sites (tertiary alicyclic amines) is 1. The summed E-state index contributed by atoms with van der Waals surface area (Å²) >= 11 is 0. The summed E-state index contributed by atoms with van der Waals surface area (Å²) in [5, 5.41) is 12.1. The van der Waals surface area contributed by atoms with E-state index in [-0.39, 0.29) is 18.0 Å². The average Bonchev–Trinajstić information content (AvgIpc) is 2.61. The molecule has 2 unspecified atom stereocenters. The molecule has 0 aromatic heterocycles. The van der Waals surface area contributed by atoms with Crippen molar-refractivity contribution in [1.82, 2.24) is 10.2 Å². The van der Waals surface area contributed by atoms with Crippen molar-refractivity contribution in [3.8, 4) is 0 Å². The molecule has 0 aromatic rings. The van der Waals surface area contributed by atoms with Gasteiger partial charge in [-0.05, 0) is 51.4 Å². The van der Waals surface area contributed by atoms with Crippen LogP contribution in [0.1, 0.15) is 58.8 Å². The van der Waals surface area contributed by atoms with E-state index in [9.17, 15) is 9.59 Å². The number of amides is 2. The van der Waals surface area contributed by atoms with Crippen LogP contribution in [-0.4, -0.2) is 40.6 Å². The Kier molecular flexibility index (Phi) is 5.48. The SMILES string of the molecule is CC1CCCC(C)N(C(=O)NC2CCC(C(=O)O)CC2)C1. The van der Waals surface area contributed by atoms with Crippen LogP contribution in [0.2, 0.25) is 0 Å². The second kappa shape index (κ2) is 7.14. The summed E-state index contributed by atoms with van der Waals surface area (Å²) < 4.78 is 0. The van der Waals surface area contributed by atoms with Gasteiger partial charge in [0.15, 0.2) is 0 Å². The van der Waals surface area contributed by atoms with Gasteiger partial charge in [0.05, 0.1) is 5.92 Å². The molecular formula is C16H28N2O3. The first-order valence-corrected chi connectivity index (χ1v) is 8.27. The quantitative estimate of drug-likeness (QED) is 0.823. The summed E-state index contributed by atoms with van der Waals surface area (Å²) in [4.78, 5) is 25.4. The Hall–Kier alpha value is -1.26. The number of urea groups is 1.